The monoisotopic (exact) mass is 723 g/mol. The molecule has 0 aromatic rings. The summed E-state index contributed by atoms with van der Waals surface area (Å²) in [5.74, 6) is 3.91. The van der Waals surface area contributed by atoms with Crippen LogP contribution < -0.4 is 5.32 Å². The number of carbonyl (C=O) groups excluding carboxylic acids is 1. The lowest BCUT2D eigenvalue weighted by Crippen LogP contribution is -2.68. The van der Waals surface area contributed by atoms with E-state index < -0.39 is 9.84 Å². The molecule has 1 heterocycles. The van der Waals surface area contributed by atoms with Gasteiger partial charge in [-0.05, 0) is 153 Å². The van der Waals surface area contributed by atoms with Gasteiger partial charge in [-0.3, -0.25) is 4.79 Å². The average Bonchev–Trinajstić information content (AvgIpc) is 3.46. The number of ether oxygens (including phenoxy) is 1. The lowest BCUT2D eigenvalue weighted by Gasteiger charge is -2.72. The zero-order valence-corrected chi connectivity index (χ0v) is 34.1. The lowest BCUT2D eigenvalue weighted by atomic mass is 9.33. The van der Waals surface area contributed by atoms with E-state index >= 15 is 0 Å². The van der Waals surface area contributed by atoms with Gasteiger partial charge in [0.2, 0.25) is 0 Å². The second-order valence-electron chi connectivity index (χ2n) is 19.8. The Kier molecular flexibility index (Phi) is 9.94. The number of sulfone groups is 1. The molecule has 0 radical (unpaired) electrons. The van der Waals surface area contributed by atoms with Crippen LogP contribution in [0.15, 0.2) is 35.5 Å². The van der Waals surface area contributed by atoms with Gasteiger partial charge in [-0.15, -0.1) is 0 Å². The topological polar surface area (TPSA) is 75.7 Å². The Morgan fingerprint density at radius 2 is 1.69 bits per heavy atom. The van der Waals surface area contributed by atoms with Crippen LogP contribution in [0.2, 0.25) is 0 Å². The standard InChI is InChI=1S/C44H70N2O4S/c1-9-50-39(47)32-12-10-31(11-13-32)34-17-19-41(6)36(40(34,4)5)18-20-43(8)37(41)15-14-35-38-33(30(2)3)16-21-44(38,23-22-42(35,43)7)45-24-25-46-26-28-51(48,49)29-27-46/h10,17,32-33,35-38,45H,2,9,11-16,18-29H2,1,3-8H3/t32-,33-,35+,36?,37?,38?,41-,42+,43+,44-/m0/s1. The molecule has 6 nitrogen and oxygen atoms in total. The molecule has 0 aromatic heterocycles. The Balaban J connectivity index is 1.11. The number of fused-ring (bicyclic) bond motifs is 7. The summed E-state index contributed by atoms with van der Waals surface area (Å²) in [6.45, 7) is 25.8. The van der Waals surface area contributed by atoms with E-state index in [4.69, 9.17) is 4.74 Å². The maximum atomic E-state index is 12.5. The Hall–Kier alpha value is -1.44. The normalized spacial score (nSPS) is 44.5. The van der Waals surface area contributed by atoms with E-state index in [2.05, 4.69) is 70.5 Å². The van der Waals surface area contributed by atoms with Crippen molar-refractivity contribution in [3.05, 3.63) is 35.5 Å². The first-order valence-electron chi connectivity index (χ1n) is 20.9. The minimum Gasteiger partial charge on any atom is -0.466 e. The van der Waals surface area contributed by atoms with Crippen LogP contribution in [0.25, 0.3) is 0 Å². The van der Waals surface area contributed by atoms with E-state index in [1.165, 1.54) is 68.9 Å². The fourth-order valence-electron chi connectivity index (χ4n) is 14.6. The van der Waals surface area contributed by atoms with Crippen LogP contribution in [0.3, 0.4) is 0 Å². The van der Waals surface area contributed by atoms with Crippen LogP contribution in [-0.2, 0) is 19.4 Å². The van der Waals surface area contributed by atoms with Crippen molar-refractivity contribution in [3.8, 4) is 0 Å². The molecule has 0 bridgehead atoms. The van der Waals surface area contributed by atoms with E-state index in [-0.39, 0.29) is 28.3 Å². The van der Waals surface area contributed by atoms with Crippen LogP contribution >= 0.6 is 0 Å². The molecular weight excluding hydrogens is 653 g/mol. The van der Waals surface area contributed by atoms with Crippen molar-refractivity contribution in [3.63, 3.8) is 0 Å². The van der Waals surface area contributed by atoms with Gasteiger partial charge in [0.1, 0.15) is 0 Å². The Bertz CT molecular complexity index is 1550. The van der Waals surface area contributed by atoms with Gasteiger partial charge in [0, 0.05) is 31.7 Å². The van der Waals surface area contributed by atoms with Crippen LogP contribution in [0, 0.1) is 57.2 Å². The number of nitrogens with one attached hydrogen (secondary N) is 1. The largest absolute Gasteiger partial charge is 0.466 e. The van der Waals surface area contributed by atoms with Gasteiger partial charge < -0.3 is 15.0 Å². The Morgan fingerprint density at radius 1 is 0.941 bits per heavy atom. The molecule has 10 atom stereocenters. The molecule has 286 valence electrons. The molecule has 6 aliphatic carbocycles. The van der Waals surface area contributed by atoms with Gasteiger partial charge in [0.25, 0.3) is 0 Å². The van der Waals surface area contributed by atoms with Gasteiger partial charge in [-0.25, -0.2) is 8.42 Å². The van der Waals surface area contributed by atoms with Crippen LogP contribution in [0.1, 0.15) is 126 Å². The quantitative estimate of drug-likeness (QED) is 0.200. The highest BCUT2D eigenvalue weighted by molar-refractivity contribution is 7.91. The molecule has 7 heteroatoms. The van der Waals surface area contributed by atoms with Crippen molar-refractivity contribution in [2.24, 2.45) is 57.2 Å². The van der Waals surface area contributed by atoms with E-state index in [9.17, 15) is 13.2 Å². The zero-order chi connectivity index (χ0) is 36.6. The molecule has 3 unspecified atom stereocenters. The molecule has 1 aliphatic heterocycles. The maximum absolute atomic E-state index is 12.5. The summed E-state index contributed by atoms with van der Waals surface area (Å²) in [6, 6.07) is 0. The van der Waals surface area contributed by atoms with Gasteiger partial charge in [-0.1, -0.05) is 58.9 Å². The average molecular weight is 723 g/mol. The third-order valence-electron chi connectivity index (χ3n) is 17.4. The summed E-state index contributed by atoms with van der Waals surface area (Å²) in [5, 5.41) is 4.23. The molecular formula is C44H70N2O4S. The SMILES string of the molecule is C=C(C)[C@@H]1CC[C@]2(NCCN3CCS(=O)(=O)CC3)CC[C@]3(C)[C@H](CCC4[C@@]5(C)CC=C(C6=CC[C@H](C(=O)OCC)CC6)C(C)(C)C5CC[C@]43C)C12. The molecule has 7 rings (SSSR count). The van der Waals surface area contributed by atoms with Crippen LogP contribution in [0.5, 0.6) is 0 Å². The first-order chi connectivity index (χ1) is 24.0. The van der Waals surface area contributed by atoms with Gasteiger partial charge >= 0.3 is 5.97 Å². The Labute approximate surface area is 311 Å². The first-order valence-corrected chi connectivity index (χ1v) is 22.7. The number of carbonyl (C=O) groups is 1. The Morgan fingerprint density at radius 3 is 2.35 bits per heavy atom. The summed E-state index contributed by atoms with van der Waals surface area (Å²) < 4.78 is 29.5. The first kappa shape index (κ1) is 37.9. The number of esters is 1. The second kappa shape index (κ2) is 13.4. The summed E-state index contributed by atoms with van der Waals surface area (Å²) in [4.78, 5) is 14.9. The highest BCUT2D eigenvalue weighted by atomic mass is 32.2. The summed E-state index contributed by atoms with van der Waals surface area (Å²) in [6.07, 6.45) is 19.3. The zero-order valence-electron chi connectivity index (χ0n) is 33.2. The predicted molar refractivity (Wildman–Crippen MR) is 208 cm³/mol. The van der Waals surface area contributed by atoms with Crippen LogP contribution in [0.4, 0.5) is 0 Å². The van der Waals surface area contributed by atoms with E-state index in [0.29, 0.717) is 65.7 Å². The fraction of sp³-hybridized carbons (Fsp3) is 0.841. The molecule has 5 fully saturated rings. The highest BCUT2D eigenvalue weighted by Gasteiger charge is 2.70. The molecule has 51 heavy (non-hydrogen) atoms. The number of hydrogen-bond acceptors (Lipinski definition) is 6. The fourth-order valence-corrected chi connectivity index (χ4v) is 15.9. The lowest BCUT2D eigenvalue weighted by molar-refractivity contribution is -0.221. The number of allylic oxidation sites excluding steroid dienone is 5. The van der Waals surface area contributed by atoms with Crippen molar-refractivity contribution in [2.45, 2.75) is 131 Å². The number of rotatable bonds is 8. The van der Waals surface area contributed by atoms with E-state index in [1.807, 2.05) is 6.92 Å². The van der Waals surface area contributed by atoms with Crippen molar-refractivity contribution in [1.29, 1.82) is 0 Å². The summed E-state index contributed by atoms with van der Waals surface area (Å²) in [7, 11) is -2.85. The molecule has 0 spiro atoms. The summed E-state index contributed by atoms with van der Waals surface area (Å²) >= 11 is 0. The maximum Gasteiger partial charge on any atom is 0.309 e. The van der Waals surface area contributed by atoms with Crippen LogP contribution in [-0.4, -0.2) is 69.1 Å². The molecule has 0 amide bonds. The van der Waals surface area contributed by atoms with Crippen molar-refractivity contribution in [1.82, 2.24) is 10.2 Å². The molecule has 7 aliphatic rings. The predicted octanol–water partition coefficient (Wildman–Crippen LogP) is 8.54. The smallest absolute Gasteiger partial charge is 0.309 e. The van der Waals surface area contributed by atoms with Gasteiger partial charge in [0.05, 0.1) is 24.0 Å². The minimum absolute atomic E-state index is 0.0159. The minimum atomic E-state index is -2.85. The summed E-state index contributed by atoms with van der Waals surface area (Å²) in [5.41, 5.74) is 5.66. The van der Waals surface area contributed by atoms with Crippen molar-refractivity contribution < 1.29 is 17.9 Å². The third-order valence-corrected chi connectivity index (χ3v) is 19.0. The van der Waals surface area contributed by atoms with Crippen molar-refractivity contribution >= 4 is 15.8 Å². The highest BCUT2D eigenvalue weighted by Crippen LogP contribution is 2.76. The van der Waals surface area contributed by atoms with Crippen molar-refractivity contribution in [2.75, 3.05) is 44.3 Å². The number of nitrogens with zero attached hydrogens (tertiary/aromatic N) is 1. The van der Waals surface area contributed by atoms with Gasteiger partial charge in [0.15, 0.2) is 9.84 Å². The van der Waals surface area contributed by atoms with Gasteiger partial charge in [-0.2, -0.15) is 0 Å². The van der Waals surface area contributed by atoms with E-state index in [0.717, 1.165) is 38.3 Å². The second-order valence-corrected chi connectivity index (χ2v) is 22.1. The molecule has 1 saturated heterocycles. The van der Waals surface area contributed by atoms with E-state index in [1.54, 1.807) is 5.57 Å². The number of hydrogen-bond donors (Lipinski definition) is 1. The molecule has 0 aromatic carbocycles. The molecule has 4 saturated carbocycles. The molecule has 1 N–H and O–H groups in total. The third kappa shape index (κ3) is 6.08.